The number of carbonyl (C=O) groups is 1. The van der Waals surface area contributed by atoms with E-state index in [1.165, 1.54) is 22.5 Å². The molecule has 0 N–H and O–H groups in total. The van der Waals surface area contributed by atoms with Crippen molar-refractivity contribution in [2.24, 2.45) is 0 Å². The number of fused-ring (bicyclic) bond motifs is 1. The minimum absolute atomic E-state index is 0. The van der Waals surface area contributed by atoms with Crippen molar-refractivity contribution in [2.75, 3.05) is 38.7 Å². The summed E-state index contributed by atoms with van der Waals surface area (Å²) in [6.45, 7) is 5.23. The summed E-state index contributed by atoms with van der Waals surface area (Å²) in [6.07, 6.45) is 0. The Morgan fingerprint density at radius 3 is 2.47 bits per heavy atom. The molecule has 0 aliphatic rings. The molecule has 0 spiro atoms. The second-order valence-electron chi connectivity index (χ2n) is 7.11. The molecule has 1 heterocycles. The number of anilines is 1. The van der Waals surface area contributed by atoms with E-state index in [0.29, 0.717) is 34.0 Å². The summed E-state index contributed by atoms with van der Waals surface area (Å²) >= 11 is 13.6. The lowest BCUT2D eigenvalue weighted by Crippen LogP contribution is -2.39. The summed E-state index contributed by atoms with van der Waals surface area (Å²) < 4.78 is 6.72. The molecule has 0 aliphatic carbocycles. The van der Waals surface area contributed by atoms with Gasteiger partial charge in [-0.3, -0.25) is 9.69 Å². The van der Waals surface area contributed by atoms with Crippen LogP contribution in [0.15, 0.2) is 30.3 Å². The van der Waals surface area contributed by atoms with Crippen LogP contribution < -0.4 is 9.64 Å². The van der Waals surface area contributed by atoms with Crippen LogP contribution in [-0.2, 0) is 4.79 Å². The molecular weight excluding hydrogens is 465 g/mol. The van der Waals surface area contributed by atoms with E-state index in [9.17, 15) is 4.79 Å². The van der Waals surface area contributed by atoms with Crippen LogP contribution in [0.25, 0.3) is 10.2 Å². The highest BCUT2D eigenvalue weighted by Crippen LogP contribution is 2.31. The summed E-state index contributed by atoms with van der Waals surface area (Å²) in [4.78, 5) is 21.4. The van der Waals surface area contributed by atoms with Crippen molar-refractivity contribution in [3.05, 3.63) is 51.5 Å². The third-order valence-corrected chi connectivity index (χ3v) is 6.11. The summed E-state index contributed by atoms with van der Waals surface area (Å²) in [5, 5.41) is 1.56. The number of carbonyl (C=O) groups excluding carboxylic acids is 1. The first kappa shape index (κ1) is 24.7. The molecule has 3 aromatic rings. The molecule has 9 heteroatoms. The van der Waals surface area contributed by atoms with Gasteiger partial charge in [0.25, 0.3) is 5.91 Å². The van der Waals surface area contributed by atoms with Crippen LogP contribution in [0.1, 0.15) is 11.1 Å². The number of likely N-dealkylation sites (N-methyl/N-ethyl adjacent to an activating group) is 1. The molecule has 1 amide bonds. The zero-order valence-electron chi connectivity index (χ0n) is 17.2. The Kier molecular flexibility index (Phi) is 8.76. The standard InChI is InChI=1S/C21H23Cl2N3O2S.ClH/c1-13-9-17-19(10-14(13)2)29-21(24-17)26(8-7-25(3)4)20(27)12-28-18-6-5-15(22)11-16(18)23;/h5-6,9-11H,7-8,12H2,1-4H3;1H. The fourth-order valence-electron chi connectivity index (χ4n) is 2.72. The second kappa shape index (κ2) is 10.6. The Balaban J connectivity index is 0.00000320. The van der Waals surface area contributed by atoms with Crippen LogP contribution in [-0.4, -0.2) is 49.6 Å². The van der Waals surface area contributed by atoms with Gasteiger partial charge in [0.1, 0.15) is 5.75 Å². The maximum Gasteiger partial charge on any atom is 0.266 e. The average Bonchev–Trinajstić information content (AvgIpc) is 3.03. The molecule has 30 heavy (non-hydrogen) atoms. The van der Waals surface area contributed by atoms with Crippen molar-refractivity contribution in [2.45, 2.75) is 13.8 Å². The molecule has 0 radical (unpaired) electrons. The molecule has 0 saturated heterocycles. The van der Waals surface area contributed by atoms with Crippen molar-refractivity contribution in [1.29, 1.82) is 0 Å². The lowest BCUT2D eigenvalue weighted by atomic mass is 10.1. The first-order valence-electron chi connectivity index (χ1n) is 9.15. The van der Waals surface area contributed by atoms with Gasteiger partial charge < -0.3 is 9.64 Å². The van der Waals surface area contributed by atoms with Crippen LogP contribution >= 0.6 is 46.9 Å². The number of amides is 1. The number of hydrogen-bond donors (Lipinski definition) is 0. The van der Waals surface area contributed by atoms with Crippen molar-refractivity contribution < 1.29 is 9.53 Å². The van der Waals surface area contributed by atoms with E-state index in [2.05, 4.69) is 26.0 Å². The van der Waals surface area contributed by atoms with E-state index < -0.39 is 0 Å². The molecule has 5 nitrogen and oxygen atoms in total. The van der Waals surface area contributed by atoms with Crippen LogP contribution in [0.3, 0.4) is 0 Å². The highest BCUT2D eigenvalue weighted by atomic mass is 35.5. The van der Waals surface area contributed by atoms with Gasteiger partial charge >= 0.3 is 0 Å². The third-order valence-electron chi connectivity index (χ3n) is 4.54. The Labute approximate surface area is 197 Å². The van der Waals surface area contributed by atoms with Gasteiger partial charge in [-0.25, -0.2) is 4.98 Å². The lowest BCUT2D eigenvalue weighted by molar-refractivity contribution is -0.120. The minimum atomic E-state index is -0.176. The maximum absolute atomic E-state index is 13.0. The zero-order valence-corrected chi connectivity index (χ0v) is 20.4. The largest absolute Gasteiger partial charge is 0.482 e. The normalized spacial score (nSPS) is 10.9. The summed E-state index contributed by atoms with van der Waals surface area (Å²) in [5.74, 6) is 0.248. The summed E-state index contributed by atoms with van der Waals surface area (Å²) in [7, 11) is 3.94. The average molecular weight is 489 g/mol. The van der Waals surface area contributed by atoms with E-state index in [4.69, 9.17) is 32.9 Å². The Hall–Kier alpha value is -1.57. The van der Waals surface area contributed by atoms with E-state index in [0.717, 1.165) is 10.2 Å². The van der Waals surface area contributed by atoms with Crippen LogP contribution in [0.5, 0.6) is 5.75 Å². The van der Waals surface area contributed by atoms with Gasteiger partial charge in [-0.2, -0.15) is 0 Å². The van der Waals surface area contributed by atoms with Gasteiger partial charge in [0, 0.05) is 18.1 Å². The number of thiazole rings is 1. The molecule has 162 valence electrons. The number of aromatic nitrogens is 1. The molecule has 0 fully saturated rings. The molecule has 3 rings (SSSR count). The predicted molar refractivity (Wildman–Crippen MR) is 129 cm³/mol. The fourth-order valence-corrected chi connectivity index (χ4v) is 4.27. The number of nitrogens with zero attached hydrogens (tertiary/aromatic N) is 3. The zero-order chi connectivity index (χ0) is 21.1. The highest BCUT2D eigenvalue weighted by Gasteiger charge is 2.21. The first-order chi connectivity index (χ1) is 13.7. The van der Waals surface area contributed by atoms with E-state index >= 15 is 0 Å². The van der Waals surface area contributed by atoms with E-state index in [1.807, 2.05) is 19.0 Å². The van der Waals surface area contributed by atoms with Crippen LogP contribution in [0.2, 0.25) is 10.0 Å². The van der Waals surface area contributed by atoms with Crippen LogP contribution in [0, 0.1) is 13.8 Å². The minimum Gasteiger partial charge on any atom is -0.482 e. The SMILES string of the molecule is Cc1cc2nc(N(CCN(C)C)C(=O)COc3ccc(Cl)cc3Cl)sc2cc1C.Cl. The van der Waals surface area contributed by atoms with Crippen molar-refractivity contribution in [3.8, 4) is 5.75 Å². The third kappa shape index (κ3) is 5.99. The highest BCUT2D eigenvalue weighted by molar-refractivity contribution is 7.22. The second-order valence-corrected chi connectivity index (χ2v) is 8.97. The van der Waals surface area contributed by atoms with E-state index in [-0.39, 0.29) is 24.9 Å². The summed E-state index contributed by atoms with van der Waals surface area (Å²) in [6, 6.07) is 9.10. The van der Waals surface area contributed by atoms with Gasteiger partial charge in [0.05, 0.1) is 15.2 Å². The predicted octanol–water partition coefficient (Wildman–Crippen LogP) is 5.62. The van der Waals surface area contributed by atoms with Gasteiger partial charge in [-0.15, -0.1) is 12.4 Å². The van der Waals surface area contributed by atoms with Gasteiger partial charge in [0.15, 0.2) is 11.7 Å². The lowest BCUT2D eigenvalue weighted by Gasteiger charge is -2.22. The maximum atomic E-state index is 13.0. The smallest absolute Gasteiger partial charge is 0.266 e. The number of hydrogen-bond acceptors (Lipinski definition) is 5. The summed E-state index contributed by atoms with van der Waals surface area (Å²) in [5.41, 5.74) is 3.29. The van der Waals surface area contributed by atoms with Gasteiger partial charge in [-0.05, 0) is 69.4 Å². The van der Waals surface area contributed by atoms with Crippen molar-refractivity contribution >= 4 is 68.2 Å². The monoisotopic (exact) mass is 487 g/mol. The molecule has 2 aromatic carbocycles. The van der Waals surface area contributed by atoms with Gasteiger partial charge in [-0.1, -0.05) is 34.5 Å². The van der Waals surface area contributed by atoms with Crippen molar-refractivity contribution in [1.82, 2.24) is 9.88 Å². The number of ether oxygens (including phenoxy) is 1. The first-order valence-corrected chi connectivity index (χ1v) is 10.7. The van der Waals surface area contributed by atoms with Crippen LogP contribution in [0.4, 0.5) is 5.13 Å². The molecule has 0 aliphatic heterocycles. The number of rotatable bonds is 7. The molecular formula is C21H24Cl3N3O2S. The van der Waals surface area contributed by atoms with Gasteiger partial charge in [0.2, 0.25) is 0 Å². The number of halogens is 3. The number of aryl methyl sites for hydroxylation is 2. The van der Waals surface area contributed by atoms with E-state index in [1.54, 1.807) is 23.1 Å². The number of benzene rings is 2. The molecule has 0 atom stereocenters. The molecule has 0 bridgehead atoms. The topological polar surface area (TPSA) is 45.7 Å². The molecule has 1 aromatic heterocycles. The Morgan fingerprint density at radius 2 is 1.80 bits per heavy atom. The molecule has 0 saturated carbocycles. The van der Waals surface area contributed by atoms with Crippen molar-refractivity contribution in [3.63, 3.8) is 0 Å². The Bertz CT molecular complexity index is 1000. The molecule has 0 unspecified atom stereocenters. The fraction of sp³-hybridized carbons (Fsp3) is 0.333. The Morgan fingerprint density at radius 1 is 1.10 bits per heavy atom. The quantitative estimate of drug-likeness (QED) is 0.433.